The Kier molecular flexibility index (Phi) is 27.9. The number of hydrogen-bond acceptors (Lipinski definition) is 19. The zero-order chi connectivity index (χ0) is 69.2. The van der Waals surface area contributed by atoms with Crippen LogP contribution in [0.1, 0.15) is 128 Å². The molecule has 95 heavy (non-hydrogen) atoms. The second-order valence-electron chi connectivity index (χ2n) is 25.2. The lowest BCUT2D eigenvalue weighted by molar-refractivity contribution is -0.144. The van der Waals surface area contributed by atoms with Crippen LogP contribution in [0.25, 0.3) is 10.9 Å². The molecule has 7 rings (SSSR count). The highest BCUT2D eigenvalue weighted by atomic mass is 32.2. The van der Waals surface area contributed by atoms with E-state index in [0.717, 1.165) is 11.3 Å². The standard InChI is InChI=1S/C64H91N11O18S2/c1-5-35(2)42-26-38(77)29-67-59(87)37-24-43-41-14-15-50(93-4)44(33-94-40-18-22-73(23-19-40)54(84)13-9-6-10-20-66-52(82)12-8-7-11-21-74-55(85)16-17-56(74)86)58(41)72-63(43)95(92)34-46(69-53(83)30-68-60(42)88)61(89)70-45(28-51(65)81)64(91)75-31-39(78)27-47(75)62(90)71-57(48(79)25-37)36(3)49(80)32-76/h14-17,35-37,39-40,42,45-47,49,57,72,76,78,80H,5-13,18-34H2,1-4H3,(H2,65,81)(H,66,82)(H,67,87)(H,68,88)(H,69,83)(H,70,89)(H,71,90)/t35-,36-,37+,39+,42-,45-,46-,47-,49-,57-,95?/m0/s1. The number of aliphatic hydroxyl groups excluding tert-OH is 3. The lowest BCUT2D eigenvalue weighted by Gasteiger charge is -2.32. The fraction of sp³-hybridized carbons (Fsp3) is 0.641. The molecule has 6 heterocycles. The van der Waals surface area contributed by atoms with Gasteiger partial charge >= 0.3 is 0 Å². The van der Waals surface area contributed by atoms with E-state index < -0.39 is 181 Å². The summed E-state index contributed by atoms with van der Waals surface area (Å²) in [7, 11) is -0.959. The third-order valence-corrected chi connectivity index (χ3v) is 21.3. The molecule has 2 saturated heterocycles. The van der Waals surface area contributed by atoms with Crippen LogP contribution >= 0.6 is 11.8 Å². The maximum Gasteiger partial charge on any atom is 0.253 e. The third-order valence-electron chi connectivity index (χ3n) is 18.5. The number of unbranched alkanes of at least 4 members (excludes halogenated alkanes) is 4. The summed E-state index contributed by atoms with van der Waals surface area (Å²) >= 11 is 1.59. The first-order valence-corrected chi connectivity index (χ1v) is 35.0. The number of primary amides is 1. The van der Waals surface area contributed by atoms with E-state index in [4.69, 9.17) is 10.5 Å². The van der Waals surface area contributed by atoms with Crippen molar-refractivity contribution in [2.24, 2.45) is 29.4 Å². The quantitative estimate of drug-likeness (QED) is 0.0467. The summed E-state index contributed by atoms with van der Waals surface area (Å²) in [5.41, 5.74) is 6.78. The fourth-order valence-corrected chi connectivity index (χ4v) is 15.2. The highest BCUT2D eigenvalue weighted by Crippen LogP contribution is 2.39. The maximum atomic E-state index is 15.5. The molecule has 1 unspecified atom stereocenters. The van der Waals surface area contributed by atoms with Crippen LogP contribution in [0, 0.1) is 23.7 Å². The molecule has 12 N–H and O–H groups in total. The number of aromatic amines is 1. The number of Topliss-reactive ketones (excluding diaryl/α,β-unsaturated/α-hetero) is 2. The maximum absolute atomic E-state index is 15.5. The van der Waals surface area contributed by atoms with Gasteiger partial charge in [0.25, 0.3) is 11.8 Å². The molecule has 5 aliphatic rings. The molecule has 11 amide bonds. The van der Waals surface area contributed by atoms with Crippen molar-refractivity contribution in [1.29, 1.82) is 0 Å². The van der Waals surface area contributed by atoms with Crippen molar-refractivity contribution in [1.82, 2.24) is 51.6 Å². The molecule has 29 nitrogen and oxygen atoms in total. The largest absolute Gasteiger partial charge is 0.496 e. The number of ether oxygens (including phenoxy) is 1. The number of aliphatic hydroxyl groups is 3. The molecule has 2 bridgehead atoms. The summed E-state index contributed by atoms with van der Waals surface area (Å²) in [6.07, 6.45) is 3.06. The topological polar surface area (TPSA) is 433 Å². The number of ketones is 2. The Morgan fingerprint density at radius 2 is 1.54 bits per heavy atom. The number of amides is 11. The lowest BCUT2D eigenvalue weighted by Crippen LogP contribution is -2.60. The van der Waals surface area contributed by atoms with Crippen LogP contribution in [0.5, 0.6) is 5.75 Å². The molecule has 0 radical (unpaired) electrons. The summed E-state index contributed by atoms with van der Waals surface area (Å²) in [5, 5.41) is 48.1. The molecule has 0 aliphatic carbocycles. The highest BCUT2D eigenvalue weighted by Gasteiger charge is 2.45. The van der Waals surface area contributed by atoms with Gasteiger partial charge in [0.2, 0.25) is 53.2 Å². The van der Waals surface area contributed by atoms with E-state index in [-0.39, 0.29) is 51.6 Å². The average Bonchev–Trinajstić information content (AvgIpc) is 1.62. The van der Waals surface area contributed by atoms with Crippen LogP contribution in [0.4, 0.5) is 0 Å². The van der Waals surface area contributed by atoms with Crippen LogP contribution in [0.2, 0.25) is 0 Å². The number of carbonyl (C=O) groups is 13. The molecular formula is C64H91N11O18S2. The molecule has 2 aromatic rings. The number of carbonyl (C=O) groups excluding carboxylic acids is 13. The predicted molar refractivity (Wildman–Crippen MR) is 346 cm³/mol. The SMILES string of the molecule is CC[C@H](C)[C@@H]1CC(=O)CNC(=O)[C@H]2CC(=O)[C@H]([C@@H](C)[C@@H](O)CO)NC(=O)[C@@H]3C[C@@H](O)CN3C(=O)[C@H](CC(N)=O)NC(=O)[C@H](CS(=O)c3[nH]c4c(CSC5CCN(C(=O)CCCCCNC(=O)CCCCCN6C(=O)C=CC6=O)CC5)c(OC)ccc4c3C2)NC(=O)CNC1=O. The second kappa shape index (κ2) is 35.4. The van der Waals surface area contributed by atoms with Crippen LogP contribution < -0.4 is 42.4 Å². The lowest BCUT2D eigenvalue weighted by atomic mass is 9.85. The third kappa shape index (κ3) is 20.2. The van der Waals surface area contributed by atoms with Gasteiger partial charge in [-0.3, -0.25) is 71.4 Å². The van der Waals surface area contributed by atoms with Crippen molar-refractivity contribution >= 4 is 110 Å². The Bertz CT molecular complexity index is 3240. The first-order valence-electron chi connectivity index (χ1n) is 32.7. The Balaban J connectivity index is 1.16. The molecule has 0 spiro atoms. The van der Waals surface area contributed by atoms with Gasteiger partial charge in [0.05, 0.1) is 73.5 Å². The van der Waals surface area contributed by atoms with Crippen LogP contribution in [0.15, 0.2) is 29.3 Å². The van der Waals surface area contributed by atoms with E-state index in [0.29, 0.717) is 113 Å². The Hall–Kier alpha value is -7.61. The average molecular weight is 1370 g/mol. The number of thioether (sulfide) groups is 1. The molecule has 31 heteroatoms. The van der Waals surface area contributed by atoms with Crippen molar-refractivity contribution < 1.29 is 86.6 Å². The molecule has 522 valence electrons. The van der Waals surface area contributed by atoms with E-state index in [1.54, 1.807) is 37.7 Å². The number of imide groups is 1. The van der Waals surface area contributed by atoms with Crippen molar-refractivity contribution in [3.05, 3.63) is 35.4 Å². The summed E-state index contributed by atoms with van der Waals surface area (Å²) < 4.78 is 21.4. The van der Waals surface area contributed by atoms with E-state index in [1.165, 1.54) is 31.1 Å². The molecule has 0 saturated carbocycles. The Labute approximate surface area is 557 Å². The molecule has 1 aromatic carbocycles. The van der Waals surface area contributed by atoms with Gasteiger partial charge < -0.3 is 72.5 Å². The van der Waals surface area contributed by atoms with Crippen molar-refractivity contribution in [3.63, 3.8) is 0 Å². The number of nitrogens with zero attached hydrogens (tertiary/aromatic N) is 3. The number of H-pyrrole nitrogens is 1. The van der Waals surface area contributed by atoms with Crippen LogP contribution in [0.3, 0.4) is 0 Å². The Morgan fingerprint density at radius 3 is 2.22 bits per heavy atom. The molecular weight excluding hydrogens is 1270 g/mol. The number of methoxy groups -OCH3 is 1. The minimum absolute atomic E-state index is 0.0213. The second-order valence-corrected chi connectivity index (χ2v) is 27.9. The summed E-state index contributed by atoms with van der Waals surface area (Å²) in [6.45, 7) is 3.89. The van der Waals surface area contributed by atoms with E-state index >= 15 is 9.00 Å². The summed E-state index contributed by atoms with van der Waals surface area (Å²) in [6, 6.07) is -3.65. The summed E-state index contributed by atoms with van der Waals surface area (Å²) in [4.78, 5) is 185. The Morgan fingerprint density at radius 1 is 0.842 bits per heavy atom. The number of fused-ring (bicyclic) bond motifs is 5. The first kappa shape index (κ1) is 74.8. The van der Waals surface area contributed by atoms with Gasteiger partial charge in [-0.25, -0.2) is 0 Å². The van der Waals surface area contributed by atoms with Crippen molar-refractivity contribution in [2.75, 3.05) is 65.3 Å². The van der Waals surface area contributed by atoms with Gasteiger partial charge in [0.15, 0.2) is 11.6 Å². The van der Waals surface area contributed by atoms with Gasteiger partial charge in [-0.15, -0.1) is 0 Å². The monoisotopic (exact) mass is 1370 g/mol. The van der Waals surface area contributed by atoms with Gasteiger partial charge in [0.1, 0.15) is 28.9 Å². The van der Waals surface area contributed by atoms with E-state index in [9.17, 15) is 72.9 Å². The number of benzene rings is 1. The smallest absolute Gasteiger partial charge is 0.253 e. The highest BCUT2D eigenvalue weighted by molar-refractivity contribution is 7.99. The molecule has 11 atom stereocenters. The van der Waals surface area contributed by atoms with Gasteiger partial charge in [-0.05, 0) is 68.6 Å². The predicted octanol–water partition coefficient (Wildman–Crippen LogP) is -1.05. The minimum atomic E-state index is -2.42. The van der Waals surface area contributed by atoms with Crippen molar-refractivity contribution in [3.8, 4) is 5.75 Å². The van der Waals surface area contributed by atoms with Gasteiger partial charge in [0, 0.05) is 117 Å². The number of nitrogens with one attached hydrogen (secondary N) is 7. The fourth-order valence-electron chi connectivity index (χ4n) is 12.6. The van der Waals surface area contributed by atoms with Crippen LogP contribution in [-0.2, 0) is 85.3 Å². The molecule has 1 aromatic heterocycles. The van der Waals surface area contributed by atoms with Crippen molar-refractivity contribution in [2.45, 2.75) is 176 Å². The summed E-state index contributed by atoms with van der Waals surface area (Å²) in [5.74, 6) is -13.3. The number of hydrogen-bond donors (Lipinski definition) is 11. The van der Waals surface area contributed by atoms with E-state index in [2.05, 4.69) is 36.9 Å². The number of rotatable bonds is 23. The number of aromatic nitrogens is 1. The van der Waals surface area contributed by atoms with E-state index in [1.807, 2.05) is 4.90 Å². The van der Waals surface area contributed by atoms with Crippen LogP contribution in [-0.4, -0.2) is 223 Å². The van der Waals surface area contributed by atoms with Gasteiger partial charge in [-0.2, -0.15) is 11.8 Å². The number of nitrogens with two attached hydrogens (primary N) is 1. The zero-order valence-corrected chi connectivity index (χ0v) is 55.9. The minimum Gasteiger partial charge on any atom is -0.496 e. The molecule has 2 fully saturated rings. The van der Waals surface area contributed by atoms with Gasteiger partial charge in [-0.1, -0.05) is 40.0 Å². The zero-order valence-electron chi connectivity index (χ0n) is 54.2. The number of likely N-dealkylation sites (tertiary alicyclic amines) is 1. The first-order chi connectivity index (χ1) is 45.3. The molecule has 5 aliphatic heterocycles. The normalized spacial score (nSPS) is 25.1. The number of piperidine rings is 1.